The molecule has 3 rings (SSSR count). The quantitative estimate of drug-likeness (QED) is 0.430. The first-order valence-electron chi connectivity index (χ1n) is 9.92. The number of aliphatic hydroxyl groups is 1. The summed E-state index contributed by atoms with van der Waals surface area (Å²) >= 11 is 12.4. The van der Waals surface area contributed by atoms with E-state index in [9.17, 15) is 14.7 Å². The molecule has 31 heavy (non-hydrogen) atoms. The van der Waals surface area contributed by atoms with E-state index in [1.165, 1.54) is 0 Å². The van der Waals surface area contributed by atoms with Gasteiger partial charge in [0, 0.05) is 11.1 Å². The minimum absolute atomic E-state index is 0.0434. The molecule has 2 N–H and O–H groups in total. The van der Waals surface area contributed by atoms with E-state index in [4.69, 9.17) is 32.7 Å². The Hall–Kier alpha value is -2.54. The molecule has 0 bridgehead atoms. The highest BCUT2D eigenvalue weighted by Crippen LogP contribution is 2.34. The molecule has 1 aliphatic heterocycles. The molecular weight excluding hydrogens is 441 g/mol. The molecule has 1 heterocycles. The number of carbonyl (C=O) groups is 2. The maximum atomic E-state index is 11.6. The lowest BCUT2D eigenvalue weighted by atomic mass is 10.1. The number of nitrogens with one attached hydrogen (secondary N) is 1. The summed E-state index contributed by atoms with van der Waals surface area (Å²) in [4.78, 5) is 22.9. The van der Waals surface area contributed by atoms with Crippen molar-refractivity contribution in [2.75, 3.05) is 13.2 Å². The molecule has 0 spiro atoms. The molecule has 8 heteroatoms. The maximum Gasteiger partial charge on any atom is 0.254 e. The number of ether oxygens (including phenoxy) is 2. The van der Waals surface area contributed by atoms with Crippen molar-refractivity contribution in [3.8, 4) is 11.5 Å². The number of benzene rings is 2. The van der Waals surface area contributed by atoms with Crippen LogP contribution in [0.1, 0.15) is 30.9 Å². The van der Waals surface area contributed by atoms with Gasteiger partial charge in [0.2, 0.25) is 5.91 Å². The molecule has 1 fully saturated rings. The summed E-state index contributed by atoms with van der Waals surface area (Å²) in [5.41, 5.74) is 2.03. The van der Waals surface area contributed by atoms with Crippen molar-refractivity contribution in [1.82, 2.24) is 5.32 Å². The Morgan fingerprint density at radius 2 is 1.81 bits per heavy atom. The normalized spacial score (nSPS) is 15.8. The van der Waals surface area contributed by atoms with Crippen molar-refractivity contribution >= 4 is 41.1 Å². The first-order valence-corrected chi connectivity index (χ1v) is 10.7. The summed E-state index contributed by atoms with van der Waals surface area (Å²) in [6.45, 7) is 2.12. The number of hydrogen-bond acceptors (Lipinski definition) is 5. The average Bonchev–Trinajstić information content (AvgIpc) is 3.07. The van der Waals surface area contributed by atoms with Gasteiger partial charge in [0.1, 0.15) is 30.8 Å². The Morgan fingerprint density at radius 1 is 1.10 bits per heavy atom. The minimum atomic E-state index is -0.848. The van der Waals surface area contributed by atoms with Gasteiger partial charge in [0.25, 0.3) is 5.91 Å². The SMILES string of the molecule is CCCc1c(OCC(O)COc2ccc(/C=C3\CC(=O)NC3=O)cc2)ccc(Cl)c1Cl. The van der Waals surface area contributed by atoms with E-state index in [-0.39, 0.29) is 31.4 Å². The van der Waals surface area contributed by atoms with Crippen LogP contribution in [-0.4, -0.2) is 36.2 Å². The van der Waals surface area contributed by atoms with Gasteiger partial charge in [-0.05, 0) is 42.3 Å². The number of halogens is 2. The van der Waals surface area contributed by atoms with Crippen molar-refractivity contribution in [1.29, 1.82) is 0 Å². The van der Waals surface area contributed by atoms with Gasteiger partial charge in [-0.3, -0.25) is 14.9 Å². The molecule has 2 aromatic carbocycles. The summed E-state index contributed by atoms with van der Waals surface area (Å²) < 4.78 is 11.4. The van der Waals surface area contributed by atoms with Crippen LogP contribution in [-0.2, 0) is 16.0 Å². The molecular formula is C23H23Cl2NO5. The fraction of sp³-hybridized carbons (Fsp3) is 0.304. The molecule has 6 nitrogen and oxygen atoms in total. The van der Waals surface area contributed by atoms with E-state index < -0.39 is 6.10 Å². The molecule has 1 saturated heterocycles. The smallest absolute Gasteiger partial charge is 0.254 e. The third-order valence-corrected chi connectivity index (χ3v) is 5.49. The minimum Gasteiger partial charge on any atom is -0.491 e. The standard InChI is InChI=1S/C23H23Cl2NO5/c1-2-3-18-20(9-8-19(24)22(18)25)31-13-16(27)12-30-17-6-4-14(5-7-17)10-15-11-21(28)26-23(15)29/h4-10,16,27H,2-3,11-13H2,1H3,(H,26,28,29)/b15-10+. The van der Waals surface area contributed by atoms with Gasteiger partial charge in [0.05, 0.1) is 16.5 Å². The molecule has 2 amide bonds. The van der Waals surface area contributed by atoms with E-state index >= 15 is 0 Å². The molecule has 1 atom stereocenters. The van der Waals surface area contributed by atoms with Crippen LogP contribution in [0.25, 0.3) is 6.08 Å². The lowest BCUT2D eigenvalue weighted by molar-refractivity contribution is -0.124. The van der Waals surface area contributed by atoms with Crippen molar-refractivity contribution in [3.05, 3.63) is 63.1 Å². The second-order valence-electron chi connectivity index (χ2n) is 7.16. The van der Waals surface area contributed by atoms with Crippen LogP contribution in [0.3, 0.4) is 0 Å². The summed E-state index contributed by atoms with van der Waals surface area (Å²) in [7, 11) is 0. The van der Waals surface area contributed by atoms with Crippen LogP contribution < -0.4 is 14.8 Å². The lowest BCUT2D eigenvalue weighted by Crippen LogP contribution is -2.25. The Labute approximate surface area is 190 Å². The zero-order chi connectivity index (χ0) is 22.4. The van der Waals surface area contributed by atoms with Gasteiger partial charge < -0.3 is 14.6 Å². The van der Waals surface area contributed by atoms with Gasteiger partial charge in [-0.2, -0.15) is 0 Å². The third-order valence-electron chi connectivity index (χ3n) is 4.64. The van der Waals surface area contributed by atoms with E-state index in [2.05, 4.69) is 5.32 Å². The number of carbonyl (C=O) groups excluding carboxylic acids is 2. The molecule has 164 valence electrons. The molecule has 0 radical (unpaired) electrons. The molecule has 0 saturated carbocycles. The summed E-state index contributed by atoms with van der Waals surface area (Å²) in [6.07, 6.45) is 2.51. The number of rotatable bonds is 9. The zero-order valence-corrected chi connectivity index (χ0v) is 18.5. The van der Waals surface area contributed by atoms with Crippen LogP contribution >= 0.6 is 23.2 Å². The first-order chi connectivity index (χ1) is 14.9. The predicted molar refractivity (Wildman–Crippen MR) is 120 cm³/mol. The van der Waals surface area contributed by atoms with E-state index in [1.807, 2.05) is 6.92 Å². The van der Waals surface area contributed by atoms with Crippen molar-refractivity contribution in [2.45, 2.75) is 32.3 Å². The van der Waals surface area contributed by atoms with E-state index in [0.29, 0.717) is 27.1 Å². The number of aliphatic hydroxyl groups excluding tert-OH is 1. The summed E-state index contributed by atoms with van der Waals surface area (Å²) in [5, 5.41) is 13.4. The van der Waals surface area contributed by atoms with E-state index in [1.54, 1.807) is 42.5 Å². The summed E-state index contributed by atoms with van der Waals surface area (Å²) in [6, 6.07) is 10.4. The van der Waals surface area contributed by atoms with Crippen LogP contribution in [0.4, 0.5) is 0 Å². The molecule has 2 aromatic rings. The second-order valence-corrected chi connectivity index (χ2v) is 7.94. The second kappa shape index (κ2) is 10.7. The van der Waals surface area contributed by atoms with Gasteiger partial charge in [-0.25, -0.2) is 0 Å². The average molecular weight is 464 g/mol. The Kier molecular flexibility index (Phi) is 7.96. The number of hydrogen-bond donors (Lipinski definition) is 2. The Balaban J connectivity index is 1.52. The molecule has 0 aromatic heterocycles. The maximum absolute atomic E-state index is 11.6. The van der Waals surface area contributed by atoms with Crippen LogP contribution in [0.2, 0.25) is 10.0 Å². The zero-order valence-electron chi connectivity index (χ0n) is 17.0. The van der Waals surface area contributed by atoms with Crippen molar-refractivity contribution in [2.24, 2.45) is 0 Å². The molecule has 1 aliphatic rings. The monoisotopic (exact) mass is 463 g/mol. The van der Waals surface area contributed by atoms with Gasteiger partial charge in [-0.1, -0.05) is 48.7 Å². The largest absolute Gasteiger partial charge is 0.491 e. The Morgan fingerprint density at radius 3 is 2.45 bits per heavy atom. The molecule has 0 aliphatic carbocycles. The highest BCUT2D eigenvalue weighted by Gasteiger charge is 2.23. The third kappa shape index (κ3) is 6.23. The fourth-order valence-electron chi connectivity index (χ4n) is 3.10. The number of imide groups is 1. The van der Waals surface area contributed by atoms with Gasteiger partial charge >= 0.3 is 0 Å². The van der Waals surface area contributed by atoms with Gasteiger partial charge in [-0.15, -0.1) is 0 Å². The predicted octanol–water partition coefficient (Wildman–Crippen LogP) is 4.19. The number of amides is 2. The van der Waals surface area contributed by atoms with Crippen LogP contribution in [0.5, 0.6) is 11.5 Å². The van der Waals surface area contributed by atoms with Gasteiger partial charge in [0.15, 0.2) is 0 Å². The highest BCUT2D eigenvalue weighted by molar-refractivity contribution is 6.42. The van der Waals surface area contributed by atoms with E-state index in [0.717, 1.165) is 24.0 Å². The Bertz CT molecular complexity index is 988. The molecule has 1 unspecified atom stereocenters. The van der Waals surface area contributed by atoms with Crippen molar-refractivity contribution < 1.29 is 24.2 Å². The first kappa shape index (κ1) is 23.1. The highest BCUT2D eigenvalue weighted by atomic mass is 35.5. The van der Waals surface area contributed by atoms with Crippen LogP contribution in [0.15, 0.2) is 42.0 Å². The summed E-state index contributed by atoms with van der Waals surface area (Å²) in [5.74, 6) is 0.504. The fourth-order valence-corrected chi connectivity index (χ4v) is 3.53. The van der Waals surface area contributed by atoms with Crippen LogP contribution in [0, 0.1) is 0 Å². The lowest BCUT2D eigenvalue weighted by Gasteiger charge is -2.17. The topological polar surface area (TPSA) is 84.9 Å². The van der Waals surface area contributed by atoms with Crippen molar-refractivity contribution in [3.63, 3.8) is 0 Å².